The van der Waals surface area contributed by atoms with E-state index in [0.29, 0.717) is 30.2 Å². The Morgan fingerprint density at radius 2 is 1.97 bits per heavy atom. The number of rotatable bonds is 5. The van der Waals surface area contributed by atoms with Crippen LogP contribution < -0.4 is 5.32 Å². The van der Waals surface area contributed by atoms with E-state index in [1.54, 1.807) is 19.2 Å². The van der Waals surface area contributed by atoms with Gasteiger partial charge in [0, 0.05) is 19.3 Å². The minimum atomic E-state index is -1.10. The van der Waals surface area contributed by atoms with Gasteiger partial charge in [0.2, 0.25) is 5.95 Å². The number of imidazole rings is 1. The molecule has 0 aromatic carbocycles. The first-order valence-electron chi connectivity index (χ1n) is 9.55. The predicted octanol–water partition coefficient (Wildman–Crippen LogP) is 3.28. The van der Waals surface area contributed by atoms with Crippen molar-refractivity contribution in [1.29, 1.82) is 0 Å². The lowest BCUT2D eigenvalue weighted by Crippen LogP contribution is -2.21. The monoisotopic (exact) mass is 412 g/mol. The van der Waals surface area contributed by atoms with Gasteiger partial charge in [-0.25, -0.2) is 29.1 Å². The second-order valence-corrected chi connectivity index (χ2v) is 7.11. The van der Waals surface area contributed by atoms with Crippen LogP contribution in [0.25, 0.3) is 11.4 Å². The molecule has 3 aromatic heterocycles. The summed E-state index contributed by atoms with van der Waals surface area (Å²) >= 11 is 0. The summed E-state index contributed by atoms with van der Waals surface area (Å²) < 4.78 is 22.1. The third-order valence-corrected chi connectivity index (χ3v) is 5.06. The lowest BCUT2D eigenvalue weighted by Gasteiger charge is -2.26. The van der Waals surface area contributed by atoms with E-state index in [1.165, 1.54) is 6.20 Å². The zero-order valence-corrected chi connectivity index (χ0v) is 16.6. The van der Waals surface area contributed by atoms with Crippen LogP contribution in [0.1, 0.15) is 40.8 Å². The topological polar surface area (TPSA) is 115 Å². The number of carboxylic acid groups (broad SMARTS) is 1. The van der Waals surface area contributed by atoms with Gasteiger partial charge in [-0.05, 0) is 38.3 Å². The van der Waals surface area contributed by atoms with Crippen LogP contribution in [0.5, 0.6) is 0 Å². The maximum Gasteiger partial charge on any atom is 0.354 e. The van der Waals surface area contributed by atoms with Crippen LogP contribution in [0.4, 0.5) is 16.0 Å². The Hall–Kier alpha value is -3.40. The van der Waals surface area contributed by atoms with Crippen molar-refractivity contribution in [3.63, 3.8) is 0 Å². The van der Waals surface area contributed by atoms with E-state index in [-0.39, 0.29) is 23.4 Å². The van der Waals surface area contributed by atoms with Gasteiger partial charge in [0.15, 0.2) is 11.5 Å². The average Bonchev–Trinajstić information content (AvgIpc) is 3.11. The summed E-state index contributed by atoms with van der Waals surface area (Å²) in [6.45, 7) is 4.84. The molecule has 1 aliphatic rings. The van der Waals surface area contributed by atoms with Crippen molar-refractivity contribution in [2.24, 2.45) is 0 Å². The molecule has 9 nitrogen and oxygen atoms in total. The second kappa shape index (κ2) is 8.15. The van der Waals surface area contributed by atoms with Crippen LogP contribution in [0, 0.1) is 19.7 Å². The van der Waals surface area contributed by atoms with Crippen molar-refractivity contribution in [2.75, 3.05) is 18.5 Å². The van der Waals surface area contributed by atoms with Crippen molar-refractivity contribution in [2.45, 2.75) is 32.7 Å². The van der Waals surface area contributed by atoms with E-state index in [2.05, 4.69) is 25.3 Å². The highest BCUT2D eigenvalue weighted by molar-refractivity contribution is 5.87. The SMILES string of the molecule is Cc1cc(Nc2ncc(F)c(-c3cnc(C)n3C3CCOCC3)n2)cnc1C(=O)O. The van der Waals surface area contributed by atoms with Gasteiger partial charge in [0.25, 0.3) is 0 Å². The minimum absolute atomic E-state index is 0.0305. The number of aromatic carboxylic acids is 1. The van der Waals surface area contributed by atoms with E-state index in [1.807, 2.05) is 11.5 Å². The standard InChI is InChI=1S/C20H21FN6O3/c1-11-7-13(8-23-17(11)19(28)29)25-20-24-9-15(21)18(26-20)16-10-22-12(2)27(16)14-3-5-30-6-4-14/h7-10,14H,3-6H2,1-2H3,(H,28,29)(H,24,25,26). The summed E-state index contributed by atoms with van der Waals surface area (Å²) in [5.41, 5.74) is 1.69. The summed E-state index contributed by atoms with van der Waals surface area (Å²) in [7, 11) is 0. The van der Waals surface area contributed by atoms with Crippen LogP contribution >= 0.6 is 0 Å². The number of halogens is 1. The molecule has 0 amide bonds. The Kier molecular flexibility index (Phi) is 5.40. The van der Waals surface area contributed by atoms with E-state index < -0.39 is 11.8 Å². The lowest BCUT2D eigenvalue weighted by atomic mass is 10.1. The zero-order valence-electron chi connectivity index (χ0n) is 16.6. The molecule has 1 aliphatic heterocycles. The van der Waals surface area contributed by atoms with Gasteiger partial charge >= 0.3 is 5.97 Å². The van der Waals surface area contributed by atoms with Gasteiger partial charge < -0.3 is 19.7 Å². The Morgan fingerprint density at radius 3 is 2.67 bits per heavy atom. The summed E-state index contributed by atoms with van der Waals surface area (Å²) in [5.74, 6) is -0.693. The first-order valence-corrected chi connectivity index (χ1v) is 9.55. The summed E-state index contributed by atoms with van der Waals surface area (Å²) in [6, 6.07) is 1.79. The first-order chi connectivity index (χ1) is 14.4. The fourth-order valence-electron chi connectivity index (χ4n) is 3.64. The molecule has 0 bridgehead atoms. The maximum absolute atomic E-state index is 14.7. The van der Waals surface area contributed by atoms with Crippen molar-refractivity contribution < 1.29 is 19.0 Å². The average molecular weight is 412 g/mol. The number of nitrogens with zero attached hydrogens (tertiary/aromatic N) is 5. The fourth-order valence-corrected chi connectivity index (χ4v) is 3.64. The number of hydrogen-bond donors (Lipinski definition) is 2. The molecule has 0 radical (unpaired) electrons. The molecule has 0 saturated carbocycles. The lowest BCUT2D eigenvalue weighted by molar-refractivity contribution is 0.0687. The normalized spacial score (nSPS) is 14.6. The van der Waals surface area contributed by atoms with Crippen LogP contribution in [-0.4, -0.2) is 48.8 Å². The highest BCUT2D eigenvalue weighted by Crippen LogP contribution is 2.31. The van der Waals surface area contributed by atoms with Crippen LogP contribution in [0.15, 0.2) is 24.7 Å². The largest absolute Gasteiger partial charge is 0.477 e. The molecule has 30 heavy (non-hydrogen) atoms. The van der Waals surface area contributed by atoms with Gasteiger partial charge in [0.05, 0.1) is 30.0 Å². The van der Waals surface area contributed by atoms with Crippen molar-refractivity contribution in [3.8, 4) is 11.4 Å². The minimum Gasteiger partial charge on any atom is -0.477 e. The molecule has 0 aliphatic carbocycles. The predicted molar refractivity (Wildman–Crippen MR) is 106 cm³/mol. The number of hydrogen-bond acceptors (Lipinski definition) is 7. The molecule has 156 valence electrons. The number of anilines is 2. The number of carboxylic acids is 1. The van der Waals surface area contributed by atoms with Gasteiger partial charge in [-0.15, -0.1) is 0 Å². The van der Waals surface area contributed by atoms with Crippen molar-refractivity contribution >= 4 is 17.6 Å². The molecular weight excluding hydrogens is 391 g/mol. The zero-order chi connectivity index (χ0) is 21.3. The number of aromatic nitrogens is 5. The molecule has 4 heterocycles. The Labute approximate surface area is 172 Å². The molecular formula is C20H21FN6O3. The Morgan fingerprint density at radius 1 is 1.20 bits per heavy atom. The Balaban J connectivity index is 1.67. The van der Waals surface area contributed by atoms with Crippen LogP contribution in [0.2, 0.25) is 0 Å². The van der Waals surface area contributed by atoms with E-state index >= 15 is 0 Å². The molecule has 1 saturated heterocycles. The molecule has 0 unspecified atom stereocenters. The molecule has 3 aromatic rings. The van der Waals surface area contributed by atoms with Gasteiger partial charge in [-0.2, -0.15) is 0 Å². The van der Waals surface area contributed by atoms with E-state index in [9.17, 15) is 9.18 Å². The summed E-state index contributed by atoms with van der Waals surface area (Å²) in [6.07, 6.45) is 5.74. The highest BCUT2D eigenvalue weighted by Gasteiger charge is 2.23. The second-order valence-electron chi connectivity index (χ2n) is 7.11. The van der Waals surface area contributed by atoms with Crippen molar-refractivity contribution in [3.05, 3.63) is 47.6 Å². The summed E-state index contributed by atoms with van der Waals surface area (Å²) in [4.78, 5) is 27.8. The third-order valence-electron chi connectivity index (χ3n) is 5.06. The molecule has 0 atom stereocenters. The van der Waals surface area contributed by atoms with Crippen molar-refractivity contribution in [1.82, 2.24) is 24.5 Å². The third kappa shape index (κ3) is 3.86. The van der Waals surface area contributed by atoms with Crippen LogP contribution in [-0.2, 0) is 4.74 Å². The van der Waals surface area contributed by atoms with Gasteiger partial charge in [0.1, 0.15) is 11.5 Å². The number of pyridine rings is 1. The molecule has 2 N–H and O–H groups in total. The summed E-state index contributed by atoms with van der Waals surface area (Å²) in [5, 5.41) is 12.1. The number of nitrogens with one attached hydrogen (secondary N) is 1. The van der Waals surface area contributed by atoms with E-state index in [0.717, 1.165) is 24.9 Å². The molecule has 10 heteroatoms. The number of carbonyl (C=O) groups is 1. The van der Waals surface area contributed by atoms with Gasteiger partial charge in [-0.3, -0.25) is 0 Å². The van der Waals surface area contributed by atoms with E-state index in [4.69, 9.17) is 9.84 Å². The number of ether oxygens (including phenoxy) is 1. The maximum atomic E-state index is 14.7. The molecule has 1 fully saturated rings. The fraction of sp³-hybridized carbons (Fsp3) is 0.350. The first kappa shape index (κ1) is 19.9. The molecule has 0 spiro atoms. The quantitative estimate of drug-likeness (QED) is 0.656. The smallest absolute Gasteiger partial charge is 0.354 e. The van der Waals surface area contributed by atoms with Crippen LogP contribution in [0.3, 0.4) is 0 Å². The molecule has 4 rings (SSSR count). The Bertz CT molecular complexity index is 1090. The number of aryl methyl sites for hydroxylation is 2. The highest BCUT2D eigenvalue weighted by atomic mass is 19.1. The van der Waals surface area contributed by atoms with Gasteiger partial charge in [-0.1, -0.05) is 0 Å².